The van der Waals surface area contributed by atoms with E-state index in [1.807, 2.05) is 13.8 Å². The predicted molar refractivity (Wildman–Crippen MR) is 106 cm³/mol. The third-order valence-electron chi connectivity index (χ3n) is 3.84. The Morgan fingerprint density at radius 2 is 1.85 bits per heavy atom. The van der Waals surface area contributed by atoms with Crippen LogP contribution in [0.5, 0.6) is 0 Å². The van der Waals surface area contributed by atoms with Crippen LogP contribution in [0.15, 0.2) is 24.4 Å². The Bertz CT molecular complexity index is 993. The van der Waals surface area contributed by atoms with Crippen LogP contribution in [-0.4, -0.2) is 36.7 Å². The van der Waals surface area contributed by atoms with Gasteiger partial charge in [-0.1, -0.05) is 29.3 Å². The van der Waals surface area contributed by atoms with Gasteiger partial charge >= 0.3 is 6.03 Å². The summed E-state index contributed by atoms with van der Waals surface area (Å²) in [5.41, 5.74) is 1.04. The summed E-state index contributed by atoms with van der Waals surface area (Å²) in [4.78, 5) is 24.3. The van der Waals surface area contributed by atoms with Crippen LogP contribution in [0.4, 0.5) is 22.2 Å². The summed E-state index contributed by atoms with van der Waals surface area (Å²) in [6, 6.07) is 4.39. The molecule has 1 aliphatic rings. The molecular weight excluding hydrogens is 413 g/mol. The van der Waals surface area contributed by atoms with E-state index in [0.717, 1.165) is 6.26 Å². The number of hydrogen-bond donors (Lipinski definition) is 1. The van der Waals surface area contributed by atoms with Gasteiger partial charge < -0.3 is 0 Å². The highest BCUT2D eigenvalue weighted by atomic mass is 35.5. The maximum Gasteiger partial charge on any atom is 0.330 e. The maximum atomic E-state index is 13.2. The van der Waals surface area contributed by atoms with Crippen LogP contribution >= 0.6 is 23.2 Å². The summed E-state index contributed by atoms with van der Waals surface area (Å²) in [5, 5.41) is 0.693. The molecule has 3 rings (SSSR count). The lowest BCUT2D eigenvalue weighted by Crippen LogP contribution is -2.51. The van der Waals surface area contributed by atoms with Gasteiger partial charge in [-0.2, -0.15) is 4.98 Å². The fourth-order valence-corrected chi connectivity index (χ4v) is 3.81. The van der Waals surface area contributed by atoms with Gasteiger partial charge in [-0.05, 0) is 26.0 Å². The first-order valence-corrected chi connectivity index (χ1v) is 10.6. The monoisotopic (exact) mass is 429 g/mol. The molecular formula is C16H17Cl2N5O3S. The maximum absolute atomic E-state index is 13.2. The van der Waals surface area contributed by atoms with E-state index in [-0.39, 0.29) is 24.6 Å². The number of rotatable bonds is 4. The largest absolute Gasteiger partial charge is 0.330 e. The van der Waals surface area contributed by atoms with Gasteiger partial charge in [0.2, 0.25) is 16.0 Å². The molecule has 1 aliphatic heterocycles. The minimum atomic E-state index is -3.54. The standard InChI is InChI=1S/C16H17Cl2N5O3S/c1-9(2)23-14-10(7-19-15(20-14)21-27(3,25)26)8-22(16(23)24)13-11(17)5-4-6-12(13)18/h4-7,9H,8H2,1-3H3,(H,19,20,21). The number of urea groups is 1. The van der Waals surface area contributed by atoms with Crippen molar-refractivity contribution in [3.63, 3.8) is 0 Å². The summed E-state index contributed by atoms with van der Waals surface area (Å²) < 4.78 is 25.1. The molecule has 1 aromatic carbocycles. The predicted octanol–water partition coefficient (Wildman–Crippen LogP) is 3.51. The minimum absolute atomic E-state index is 0.0982. The van der Waals surface area contributed by atoms with Gasteiger partial charge in [0, 0.05) is 17.8 Å². The summed E-state index contributed by atoms with van der Waals surface area (Å²) in [7, 11) is -3.54. The van der Waals surface area contributed by atoms with Crippen molar-refractivity contribution in [3.8, 4) is 0 Å². The average molecular weight is 430 g/mol. The Morgan fingerprint density at radius 3 is 2.41 bits per heavy atom. The first-order valence-electron chi connectivity index (χ1n) is 7.97. The Morgan fingerprint density at radius 1 is 1.22 bits per heavy atom. The van der Waals surface area contributed by atoms with Crippen molar-refractivity contribution >= 4 is 56.7 Å². The molecule has 0 saturated heterocycles. The van der Waals surface area contributed by atoms with Crippen LogP contribution in [0.2, 0.25) is 10.0 Å². The second kappa shape index (κ2) is 7.14. The smallest absolute Gasteiger partial charge is 0.286 e. The summed E-state index contributed by atoms with van der Waals surface area (Å²) in [5.74, 6) is 0.245. The van der Waals surface area contributed by atoms with Crippen molar-refractivity contribution in [1.82, 2.24) is 9.97 Å². The normalized spacial score (nSPS) is 14.5. The van der Waals surface area contributed by atoms with Crippen LogP contribution in [0.25, 0.3) is 0 Å². The van der Waals surface area contributed by atoms with Gasteiger partial charge in [-0.25, -0.2) is 18.2 Å². The molecule has 1 N–H and O–H groups in total. The number of hydrogen-bond acceptors (Lipinski definition) is 5. The fraction of sp³-hybridized carbons (Fsp3) is 0.312. The summed E-state index contributed by atoms with van der Waals surface area (Å²) >= 11 is 12.6. The van der Waals surface area contributed by atoms with E-state index in [4.69, 9.17) is 23.2 Å². The van der Waals surface area contributed by atoms with E-state index in [1.165, 1.54) is 16.0 Å². The summed E-state index contributed by atoms with van der Waals surface area (Å²) in [6.07, 6.45) is 2.48. The van der Waals surface area contributed by atoms with Gasteiger partial charge in [0.25, 0.3) is 0 Å². The Balaban J connectivity index is 2.11. The lowest BCUT2D eigenvalue weighted by Gasteiger charge is -2.38. The van der Waals surface area contributed by atoms with E-state index < -0.39 is 10.0 Å². The van der Waals surface area contributed by atoms with Crippen LogP contribution in [-0.2, 0) is 16.6 Å². The third kappa shape index (κ3) is 3.95. The van der Waals surface area contributed by atoms with Gasteiger partial charge in [0.15, 0.2) is 0 Å². The molecule has 0 bridgehead atoms. The zero-order chi connectivity index (χ0) is 19.9. The molecule has 2 heterocycles. The SMILES string of the molecule is CC(C)N1C(=O)N(c2c(Cl)cccc2Cl)Cc2cnc(NS(C)(=O)=O)nc21. The fourth-order valence-electron chi connectivity index (χ4n) is 2.78. The topological polar surface area (TPSA) is 95.5 Å². The number of fused-ring (bicyclic) bond motifs is 1. The highest BCUT2D eigenvalue weighted by Crippen LogP contribution is 2.39. The highest BCUT2D eigenvalue weighted by molar-refractivity contribution is 7.91. The number of carbonyl (C=O) groups is 1. The van der Waals surface area contributed by atoms with E-state index >= 15 is 0 Å². The van der Waals surface area contributed by atoms with Crippen LogP contribution in [0.1, 0.15) is 19.4 Å². The van der Waals surface area contributed by atoms with Crippen molar-refractivity contribution in [2.75, 3.05) is 20.8 Å². The van der Waals surface area contributed by atoms with Crippen molar-refractivity contribution in [2.24, 2.45) is 0 Å². The highest BCUT2D eigenvalue weighted by Gasteiger charge is 2.36. The number of anilines is 3. The number of benzene rings is 1. The van der Waals surface area contributed by atoms with Gasteiger partial charge in [0.05, 0.1) is 28.5 Å². The molecule has 27 heavy (non-hydrogen) atoms. The molecule has 11 heteroatoms. The molecule has 8 nitrogen and oxygen atoms in total. The van der Waals surface area contributed by atoms with E-state index in [1.54, 1.807) is 18.2 Å². The summed E-state index contributed by atoms with van der Waals surface area (Å²) in [6.45, 7) is 3.80. The van der Waals surface area contributed by atoms with Crippen LogP contribution in [0, 0.1) is 0 Å². The zero-order valence-electron chi connectivity index (χ0n) is 14.8. The van der Waals surface area contributed by atoms with Gasteiger partial charge in [0.1, 0.15) is 5.82 Å². The van der Waals surface area contributed by atoms with Crippen LogP contribution < -0.4 is 14.5 Å². The number of amides is 2. The second-order valence-electron chi connectivity index (χ2n) is 6.32. The zero-order valence-corrected chi connectivity index (χ0v) is 17.1. The Labute approximate surface area is 167 Å². The minimum Gasteiger partial charge on any atom is -0.286 e. The number of sulfonamides is 1. The number of nitrogens with zero attached hydrogens (tertiary/aromatic N) is 4. The van der Waals surface area contributed by atoms with Crippen molar-refractivity contribution < 1.29 is 13.2 Å². The molecule has 0 spiro atoms. The number of aromatic nitrogens is 2. The first-order chi connectivity index (χ1) is 12.6. The number of para-hydroxylation sites is 1. The third-order valence-corrected chi connectivity index (χ3v) is 5.00. The van der Waals surface area contributed by atoms with E-state index in [2.05, 4.69) is 14.7 Å². The molecule has 1 aromatic heterocycles. The van der Waals surface area contributed by atoms with Gasteiger partial charge in [-0.15, -0.1) is 0 Å². The van der Waals surface area contributed by atoms with Crippen LogP contribution in [0.3, 0.4) is 0 Å². The lowest BCUT2D eigenvalue weighted by atomic mass is 10.1. The lowest BCUT2D eigenvalue weighted by molar-refractivity contribution is 0.248. The van der Waals surface area contributed by atoms with Gasteiger partial charge in [-0.3, -0.25) is 14.5 Å². The molecule has 0 fully saturated rings. The molecule has 2 aromatic rings. The molecule has 0 radical (unpaired) electrons. The average Bonchev–Trinajstić information content (AvgIpc) is 2.53. The van der Waals surface area contributed by atoms with Crippen molar-refractivity contribution in [1.29, 1.82) is 0 Å². The molecule has 2 amide bonds. The molecule has 144 valence electrons. The molecule has 0 aliphatic carbocycles. The Kier molecular flexibility index (Phi) is 5.20. The quantitative estimate of drug-likeness (QED) is 0.801. The van der Waals surface area contributed by atoms with Crippen molar-refractivity contribution in [3.05, 3.63) is 40.0 Å². The number of nitrogens with one attached hydrogen (secondary N) is 1. The van der Waals surface area contributed by atoms with E-state index in [9.17, 15) is 13.2 Å². The number of halogens is 2. The second-order valence-corrected chi connectivity index (χ2v) is 8.88. The number of carbonyl (C=O) groups excluding carboxylic acids is 1. The molecule has 0 saturated carbocycles. The molecule has 0 unspecified atom stereocenters. The van der Waals surface area contributed by atoms with E-state index in [0.29, 0.717) is 27.1 Å². The Hall–Kier alpha value is -2.10. The van der Waals surface area contributed by atoms with Crippen molar-refractivity contribution in [2.45, 2.75) is 26.4 Å². The first kappa shape index (κ1) is 19.7. The molecule has 0 atom stereocenters.